The van der Waals surface area contributed by atoms with Crippen molar-refractivity contribution >= 4 is 34.9 Å². The Hall–Kier alpha value is -2.60. The molecule has 3 rings (SSSR count). The standard InChI is InChI=1S/C17H16N4OS/c1-12-6-8-13(9-7-12)10-18-21-16(22)11-23-17-19-14-4-2-3-5-15(14)20-17/h2-10H,11H2,1H3,(H,19,20)(H,21,22). The van der Waals surface area contributed by atoms with Gasteiger partial charge < -0.3 is 4.98 Å². The van der Waals surface area contributed by atoms with Crippen molar-refractivity contribution in [2.45, 2.75) is 12.1 Å². The maximum absolute atomic E-state index is 11.8. The van der Waals surface area contributed by atoms with Crippen molar-refractivity contribution in [3.8, 4) is 0 Å². The molecule has 23 heavy (non-hydrogen) atoms. The lowest BCUT2D eigenvalue weighted by Crippen LogP contribution is -2.19. The van der Waals surface area contributed by atoms with E-state index < -0.39 is 0 Å². The molecule has 2 aromatic carbocycles. The molecule has 0 spiro atoms. The van der Waals surface area contributed by atoms with E-state index in [9.17, 15) is 4.79 Å². The highest BCUT2D eigenvalue weighted by molar-refractivity contribution is 7.99. The van der Waals surface area contributed by atoms with Crippen LogP contribution in [0.15, 0.2) is 58.8 Å². The van der Waals surface area contributed by atoms with Crippen molar-refractivity contribution in [2.24, 2.45) is 5.10 Å². The van der Waals surface area contributed by atoms with Crippen LogP contribution in [-0.2, 0) is 4.79 Å². The molecule has 0 fully saturated rings. The minimum Gasteiger partial charge on any atom is -0.333 e. The SMILES string of the molecule is Cc1ccc(C=NNC(=O)CSc2nc3ccccc3[nH]2)cc1. The number of aromatic nitrogens is 2. The molecule has 0 aliphatic carbocycles. The number of hydrazone groups is 1. The first-order chi connectivity index (χ1) is 11.2. The van der Waals surface area contributed by atoms with Gasteiger partial charge in [0.15, 0.2) is 5.16 Å². The Morgan fingerprint density at radius 2 is 2.04 bits per heavy atom. The molecule has 3 aromatic rings. The van der Waals surface area contributed by atoms with Crippen LogP contribution in [0.1, 0.15) is 11.1 Å². The number of hydrogen-bond donors (Lipinski definition) is 2. The highest BCUT2D eigenvalue weighted by Crippen LogP contribution is 2.18. The summed E-state index contributed by atoms with van der Waals surface area (Å²) in [5.41, 5.74) is 6.51. The molecule has 116 valence electrons. The quantitative estimate of drug-likeness (QED) is 0.430. The number of nitrogens with one attached hydrogen (secondary N) is 2. The van der Waals surface area contributed by atoms with Crippen molar-refractivity contribution in [1.82, 2.24) is 15.4 Å². The van der Waals surface area contributed by atoms with E-state index >= 15 is 0 Å². The van der Waals surface area contributed by atoms with Gasteiger partial charge in [-0.15, -0.1) is 0 Å². The minimum atomic E-state index is -0.168. The van der Waals surface area contributed by atoms with Crippen LogP contribution in [0.4, 0.5) is 0 Å². The average Bonchev–Trinajstić information content (AvgIpc) is 2.98. The van der Waals surface area contributed by atoms with E-state index in [1.165, 1.54) is 17.3 Å². The molecule has 1 heterocycles. The van der Waals surface area contributed by atoms with E-state index in [2.05, 4.69) is 20.5 Å². The normalized spacial score (nSPS) is 11.2. The van der Waals surface area contributed by atoms with Crippen molar-refractivity contribution in [2.75, 3.05) is 5.75 Å². The number of H-pyrrole nitrogens is 1. The van der Waals surface area contributed by atoms with Crippen LogP contribution in [-0.4, -0.2) is 27.8 Å². The molecule has 0 atom stereocenters. The lowest BCUT2D eigenvalue weighted by Gasteiger charge is -1.98. The van der Waals surface area contributed by atoms with Crippen molar-refractivity contribution < 1.29 is 4.79 Å². The third kappa shape index (κ3) is 4.20. The van der Waals surface area contributed by atoms with Gasteiger partial charge in [-0.25, -0.2) is 10.4 Å². The number of aryl methyl sites for hydroxylation is 1. The summed E-state index contributed by atoms with van der Waals surface area (Å²) in [5.74, 6) is 0.0873. The second kappa shape index (κ2) is 7.11. The lowest BCUT2D eigenvalue weighted by atomic mass is 10.2. The summed E-state index contributed by atoms with van der Waals surface area (Å²) in [6.45, 7) is 2.03. The van der Waals surface area contributed by atoms with E-state index in [0.717, 1.165) is 21.8 Å². The summed E-state index contributed by atoms with van der Waals surface area (Å²) in [4.78, 5) is 19.4. The second-order valence-corrected chi connectivity index (χ2v) is 6.02. The third-order valence-electron chi connectivity index (χ3n) is 3.19. The number of para-hydroxylation sites is 2. The lowest BCUT2D eigenvalue weighted by molar-refractivity contribution is -0.118. The van der Waals surface area contributed by atoms with Crippen LogP contribution < -0.4 is 5.43 Å². The molecule has 0 saturated carbocycles. The van der Waals surface area contributed by atoms with Gasteiger partial charge in [0, 0.05) is 0 Å². The van der Waals surface area contributed by atoms with E-state index in [4.69, 9.17) is 0 Å². The Morgan fingerprint density at radius 3 is 2.83 bits per heavy atom. The summed E-state index contributed by atoms with van der Waals surface area (Å²) in [7, 11) is 0. The first-order valence-corrected chi connectivity index (χ1v) is 8.15. The maximum atomic E-state index is 11.8. The third-order valence-corrected chi connectivity index (χ3v) is 4.06. The number of imidazole rings is 1. The van der Waals surface area contributed by atoms with Gasteiger partial charge in [-0.05, 0) is 24.6 Å². The molecule has 1 amide bonds. The minimum absolute atomic E-state index is 0.168. The second-order valence-electron chi connectivity index (χ2n) is 5.05. The number of benzene rings is 2. The van der Waals surface area contributed by atoms with E-state index in [0.29, 0.717) is 0 Å². The van der Waals surface area contributed by atoms with Gasteiger partial charge in [-0.1, -0.05) is 53.7 Å². The van der Waals surface area contributed by atoms with E-state index in [1.54, 1.807) is 6.21 Å². The van der Waals surface area contributed by atoms with Crippen molar-refractivity contribution in [3.05, 3.63) is 59.7 Å². The van der Waals surface area contributed by atoms with Crippen LogP contribution >= 0.6 is 11.8 Å². The Bertz CT molecular complexity index is 806. The number of fused-ring (bicyclic) bond motifs is 1. The fourth-order valence-electron chi connectivity index (χ4n) is 2.00. The fourth-order valence-corrected chi connectivity index (χ4v) is 2.67. The molecule has 1 aromatic heterocycles. The molecular formula is C17H16N4OS. The monoisotopic (exact) mass is 324 g/mol. The molecular weight excluding hydrogens is 308 g/mol. The largest absolute Gasteiger partial charge is 0.333 e. The van der Waals surface area contributed by atoms with Gasteiger partial charge in [0.2, 0.25) is 0 Å². The summed E-state index contributed by atoms with van der Waals surface area (Å²) in [6, 6.07) is 15.7. The molecule has 2 N–H and O–H groups in total. The zero-order valence-corrected chi connectivity index (χ0v) is 13.4. The molecule has 0 radical (unpaired) electrons. The highest BCUT2D eigenvalue weighted by Gasteiger charge is 2.06. The zero-order valence-electron chi connectivity index (χ0n) is 12.6. The predicted octanol–water partition coefficient (Wildman–Crippen LogP) is 3.11. The van der Waals surface area contributed by atoms with Gasteiger partial charge in [0.1, 0.15) is 0 Å². The summed E-state index contributed by atoms with van der Waals surface area (Å²) >= 11 is 1.35. The number of thioether (sulfide) groups is 1. The Labute approximate surface area is 138 Å². The van der Waals surface area contributed by atoms with Crippen LogP contribution in [0.25, 0.3) is 11.0 Å². The molecule has 0 bridgehead atoms. The molecule has 5 nitrogen and oxygen atoms in total. The number of carbonyl (C=O) groups is 1. The molecule has 0 saturated heterocycles. The number of nitrogens with zero attached hydrogens (tertiary/aromatic N) is 2. The molecule has 0 unspecified atom stereocenters. The van der Waals surface area contributed by atoms with Gasteiger partial charge >= 0.3 is 0 Å². The average molecular weight is 324 g/mol. The Morgan fingerprint density at radius 1 is 1.26 bits per heavy atom. The van der Waals surface area contributed by atoms with Gasteiger partial charge in [-0.2, -0.15) is 5.10 Å². The van der Waals surface area contributed by atoms with E-state index in [1.807, 2.05) is 55.5 Å². The maximum Gasteiger partial charge on any atom is 0.250 e. The number of carbonyl (C=O) groups excluding carboxylic acids is 1. The van der Waals surface area contributed by atoms with Crippen LogP contribution in [0.2, 0.25) is 0 Å². The van der Waals surface area contributed by atoms with Crippen molar-refractivity contribution in [3.63, 3.8) is 0 Å². The zero-order chi connectivity index (χ0) is 16.1. The Balaban J connectivity index is 1.50. The van der Waals surface area contributed by atoms with Crippen molar-refractivity contribution in [1.29, 1.82) is 0 Å². The number of hydrogen-bond acceptors (Lipinski definition) is 4. The summed E-state index contributed by atoms with van der Waals surface area (Å²) in [6.07, 6.45) is 1.63. The molecule has 6 heteroatoms. The first kappa shape index (κ1) is 15.3. The summed E-state index contributed by atoms with van der Waals surface area (Å²) < 4.78 is 0. The number of amides is 1. The molecule has 0 aliphatic rings. The van der Waals surface area contributed by atoms with Crippen LogP contribution in [0.3, 0.4) is 0 Å². The Kier molecular flexibility index (Phi) is 4.73. The number of aromatic amines is 1. The predicted molar refractivity (Wildman–Crippen MR) is 93.7 cm³/mol. The number of rotatable bonds is 5. The van der Waals surface area contributed by atoms with Gasteiger partial charge in [0.25, 0.3) is 5.91 Å². The smallest absolute Gasteiger partial charge is 0.250 e. The summed E-state index contributed by atoms with van der Waals surface area (Å²) in [5, 5.41) is 4.68. The molecule has 0 aliphatic heterocycles. The topological polar surface area (TPSA) is 70.1 Å². The van der Waals surface area contributed by atoms with Gasteiger partial charge in [0.05, 0.1) is 23.0 Å². The van der Waals surface area contributed by atoms with Crippen LogP contribution in [0, 0.1) is 6.92 Å². The van der Waals surface area contributed by atoms with E-state index in [-0.39, 0.29) is 11.7 Å². The fraction of sp³-hybridized carbons (Fsp3) is 0.118. The van der Waals surface area contributed by atoms with Crippen LogP contribution in [0.5, 0.6) is 0 Å². The first-order valence-electron chi connectivity index (χ1n) is 7.17. The highest BCUT2D eigenvalue weighted by atomic mass is 32.2. The van der Waals surface area contributed by atoms with Gasteiger partial charge in [-0.3, -0.25) is 4.79 Å².